The van der Waals surface area contributed by atoms with Crippen molar-refractivity contribution in [3.63, 3.8) is 0 Å². The Balaban J connectivity index is 1.49. The molecule has 3 rings (SSSR count). The second-order valence-corrected chi connectivity index (χ2v) is 6.38. The molecule has 1 aromatic carbocycles. The first-order valence-corrected chi connectivity index (χ1v) is 9.07. The van der Waals surface area contributed by atoms with Crippen LogP contribution in [0.1, 0.15) is 21.6 Å². The molecule has 0 bridgehead atoms. The number of aromatic nitrogens is 3. The lowest BCUT2D eigenvalue weighted by atomic mass is 10.1. The van der Waals surface area contributed by atoms with Crippen LogP contribution in [0.25, 0.3) is 0 Å². The molecule has 28 heavy (non-hydrogen) atoms. The minimum Gasteiger partial charge on any atom is -0.358 e. The van der Waals surface area contributed by atoms with Gasteiger partial charge in [0.2, 0.25) is 0 Å². The molecule has 6 nitrogen and oxygen atoms in total. The topological polar surface area (TPSA) is 71.0 Å². The Morgan fingerprint density at radius 3 is 2.57 bits per heavy atom. The highest BCUT2D eigenvalue weighted by Gasteiger charge is 2.10. The van der Waals surface area contributed by atoms with Crippen molar-refractivity contribution < 1.29 is 9.18 Å². The number of carbonyl (C=O) groups excluding carboxylic acids is 1. The summed E-state index contributed by atoms with van der Waals surface area (Å²) in [6.07, 6.45) is 7.86. The fourth-order valence-corrected chi connectivity index (χ4v) is 2.70. The van der Waals surface area contributed by atoms with E-state index in [0.717, 1.165) is 13.0 Å². The van der Waals surface area contributed by atoms with Gasteiger partial charge in [-0.1, -0.05) is 18.2 Å². The van der Waals surface area contributed by atoms with Crippen LogP contribution in [0.3, 0.4) is 0 Å². The standard InChI is InChI=1S/C21H22FN5O/c1-27(13-9-16-6-10-23-11-7-16)20-15-25-19(14-26-20)21(28)24-12-8-17-4-2-3-5-18(17)22/h2-7,10-11,14-15H,8-9,12-13H2,1H3,(H,24,28). The third kappa shape index (κ3) is 5.33. The maximum Gasteiger partial charge on any atom is 0.271 e. The van der Waals surface area contributed by atoms with Crippen LogP contribution in [0.2, 0.25) is 0 Å². The summed E-state index contributed by atoms with van der Waals surface area (Å²) in [5, 5.41) is 2.74. The van der Waals surface area contributed by atoms with Gasteiger partial charge in [0.05, 0.1) is 12.4 Å². The zero-order valence-corrected chi connectivity index (χ0v) is 15.7. The molecule has 0 aliphatic heterocycles. The van der Waals surface area contributed by atoms with Gasteiger partial charge < -0.3 is 10.2 Å². The second kappa shape index (κ2) is 9.55. The second-order valence-electron chi connectivity index (χ2n) is 6.38. The van der Waals surface area contributed by atoms with Crippen molar-refractivity contribution in [1.29, 1.82) is 0 Å². The fraction of sp³-hybridized carbons (Fsp3) is 0.238. The van der Waals surface area contributed by atoms with Crippen LogP contribution in [0.4, 0.5) is 10.2 Å². The molecule has 7 heteroatoms. The van der Waals surface area contributed by atoms with Crippen LogP contribution in [0, 0.1) is 5.82 Å². The minimum atomic E-state index is -0.324. The molecular formula is C21H22FN5O. The number of benzene rings is 1. The molecule has 0 atom stereocenters. The lowest BCUT2D eigenvalue weighted by Gasteiger charge is -2.17. The Bertz CT molecular complexity index is 902. The lowest BCUT2D eigenvalue weighted by molar-refractivity contribution is 0.0948. The molecular weight excluding hydrogens is 357 g/mol. The predicted molar refractivity (Wildman–Crippen MR) is 106 cm³/mol. The van der Waals surface area contributed by atoms with Gasteiger partial charge in [-0.15, -0.1) is 0 Å². The van der Waals surface area contributed by atoms with E-state index >= 15 is 0 Å². The molecule has 0 radical (unpaired) electrons. The number of halogens is 1. The van der Waals surface area contributed by atoms with E-state index < -0.39 is 0 Å². The molecule has 2 heterocycles. The van der Waals surface area contributed by atoms with Gasteiger partial charge in [0.1, 0.15) is 17.3 Å². The van der Waals surface area contributed by atoms with Crippen molar-refractivity contribution in [2.24, 2.45) is 0 Å². The predicted octanol–water partition coefficient (Wildman–Crippen LogP) is 2.66. The molecule has 0 aliphatic rings. The molecule has 0 fully saturated rings. The van der Waals surface area contributed by atoms with Crippen LogP contribution >= 0.6 is 0 Å². The first kappa shape index (κ1) is 19.4. The van der Waals surface area contributed by atoms with Gasteiger partial charge in [-0.3, -0.25) is 9.78 Å². The number of anilines is 1. The first-order chi connectivity index (χ1) is 13.6. The van der Waals surface area contributed by atoms with E-state index in [1.54, 1.807) is 36.8 Å². The number of hydrogen-bond donors (Lipinski definition) is 1. The largest absolute Gasteiger partial charge is 0.358 e. The maximum absolute atomic E-state index is 13.6. The van der Waals surface area contributed by atoms with Crippen molar-refractivity contribution in [2.75, 3.05) is 25.0 Å². The summed E-state index contributed by atoms with van der Waals surface area (Å²) in [4.78, 5) is 26.7. The van der Waals surface area contributed by atoms with Gasteiger partial charge in [0.15, 0.2) is 0 Å². The molecule has 1 N–H and O–H groups in total. The van der Waals surface area contributed by atoms with Crippen molar-refractivity contribution >= 4 is 11.7 Å². The van der Waals surface area contributed by atoms with E-state index in [-0.39, 0.29) is 17.4 Å². The highest BCUT2D eigenvalue weighted by Crippen LogP contribution is 2.09. The summed E-state index contributed by atoms with van der Waals surface area (Å²) >= 11 is 0. The van der Waals surface area contributed by atoms with E-state index in [1.165, 1.54) is 17.8 Å². The molecule has 0 saturated heterocycles. The number of likely N-dealkylation sites (N-methyl/N-ethyl adjacent to an activating group) is 1. The van der Waals surface area contributed by atoms with Crippen molar-refractivity contribution in [3.8, 4) is 0 Å². The first-order valence-electron chi connectivity index (χ1n) is 9.07. The Labute approximate surface area is 163 Å². The van der Waals surface area contributed by atoms with Gasteiger partial charge >= 0.3 is 0 Å². The van der Waals surface area contributed by atoms with Crippen LogP contribution in [-0.2, 0) is 12.8 Å². The third-order valence-corrected chi connectivity index (χ3v) is 4.38. The molecule has 3 aromatic rings. The monoisotopic (exact) mass is 379 g/mol. The van der Waals surface area contributed by atoms with Gasteiger partial charge in [-0.25, -0.2) is 14.4 Å². The SMILES string of the molecule is CN(CCc1ccncc1)c1cnc(C(=O)NCCc2ccccc2F)cn1. The summed E-state index contributed by atoms with van der Waals surface area (Å²) < 4.78 is 13.6. The third-order valence-electron chi connectivity index (χ3n) is 4.38. The Morgan fingerprint density at radius 1 is 1.07 bits per heavy atom. The van der Waals surface area contributed by atoms with Crippen LogP contribution < -0.4 is 10.2 Å². The fourth-order valence-electron chi connectivity index (χ4n) is 2.70. The molecule has 0 aliphatic carbocycles. The van der Waals surface area contributed by atoms with E-state index in [1.807, 2.05) is 24.1 Å². The molecule has 0 spiro atoms. The van der Waals surface area contributed by atoms with Crippen LogP contribution in [-0.4, -0.2) is 41.0 Å². The van der Waals surface area contributed by atoms with E-state index in [2.05, 4.69) is 20.3 Å². The molecule has 0 saturated carbocycles. The van der Waals surface area contributed by atoms with Gasteiger partial charge in [-0.2, -0.15) is 0 Å². The van der Waals surface area contributed by atoms with E-state index in [9.17, 15) is 9.18 Å². The molecule has 0 unspecified atom stereocenters. The average Bonchev–Trinajstić information content (AvgIpc) is 2.74. The number of carbonyl (C=O) groups is 1. The number of rotatable bonds is 8. The summed E-state index contributed by atoms with van der Waals surface area (Å²) in [5.41, 5.74) is 2.00. The van der Waals surface area contributed by atoms with Crippen LogP contribution in [0.15, 0.2) is 61.2 Å². The quantitative estimate of drug-likeness (QED) is 0.652. The zero-order valence-electron chi connectivity index (χ0n) is 15.7. The van der Waals surface area contributed by atoms with Gasteiger partial charge in [0.25, 0.3) is 5.91 Å². The Hall–Kier alpha value is -3.35. The Morgan fingerprint density at radius 2 is 1.86 bits per heavy atom. The van der Waals surface area contributed by atoms with Crippen molar-refractivity contribution in [1.82, 2.24) is 20.3 Å². The van der Waals surface area contributed by atoms with Crippen LogP contribution in [0.5, 0.6) is 0 Å². The summed E-state index contributed by atoms with van der Waals surface area (Å²) in [7, 11) is 1.93. The maximum atomic E-state index is 13.6. The Kier molecular flexibility index (Phi) is 6.62. The number of hydrogen-bond acceptors (Lipinski definition) is 5. The van der Waals surface area contributed by atoms with E-state index in [0.29, 0.717) is 24.3 Å². The summed E-state index contributed by atoms with van der Waals surface area (Å²) in [6, 6.07) is 10.5. The average molecular weight is 379 g/mol. The molecule has 144 valence electrons. The lowest BCUT2D eigenvalue weighted by Crippen LogP contribution is -2.27. The van der Waals surface area contributed by atoms with Gasteiger partial charge in [0, 0.05) is 32.5 Å². The van der Waals surface area contributed by atoms with Gasteiger partial charge in [-0.05, 0) is 42.2 Å². The summed E-state index contributed by atoms with van der Waals surface area (Å²) in [6.45, 7) is 1.10. The number of nitrogens with one attached hydrogen (secondary N) is 1. The summed E-state index contributed by atoms with van der Waals surface area (Å²) in [5.74, 6) is 0.0995. The van der Waals surface area contributed by atoms with Crippen molar-refractivity contribution in [3.05, 3.63) is 83.8 Å². The number of nitrogens with zero attached hydrogens (tertiary/aromatic N) is 4. The highest BCUT2D eigenvalue weighted by molar-refractivity contribution is 5.92. The van der Waals surface area contributed by atoms with E-state index in [4.69, 9.17) is 0 Å². The zero-order chi connectivity index (χ0) is 19.8. The highest BCUT2D eigenvalue weighted by atomic mass is 19.1. The normalized spacial score (nSPS) is 10.5. The number of amides is 1. The minimum absolute atomic E-state index is 0.236. The molecule has 1 amide bonds. The van der Waals surface area contributed by atoms with Crippen molar-refractivity contribution in [2.45, 2.75) is 12.8 Å². The smallest absolute Gasteiger partial charge is 0.271 e. The molecule has 2 aromatic heterocycles. The number of pyridine rings is 1.